The van der Waals surface area contributed by atoms with Crippen molar-refractivity contribution in [3.8, 4) is 0 Å². The zero-order valence-corrected chi connectivity index (χ0v) is 12.9. The smallest absolute Gasteiger partial charge is 0.321 e. The van der Waals surface area contributed by atoms with Crippen LogP contribution in [-0.2, 0) is 0 Å². The molecule has 0 bridgehead atoms. The number of carbonyl (C=O) groups is 1. The van der Waals surface area contributed by atoms with Crippen LogP contribution >= 0.6 is 11.6 Å². The van der Waals surface area contributed by atoms with Crippen molar-refractivity contribution in [2.24, 2.45) is 0 Å². The van der Waals surface area contributed by atoms with Crippen molar-refractivity contribution < 1.29 is 9.90 Å². The van der Waals surface area contributed by atoms with Gasteiger partial charge in [0.15, 0.2) is 0 Å². The summed E-state index contributed by atoms with van der Waals surface area (Å²) in [6, 6.07) is 5.30. The zero-order chi connectivity index (χ0) is 15.0. The van der Waals surface area contributed by atoms with Gasteiger partial charge in [-0.25, -0.2) is 4.79 Å². The van der Waals surface area contributed by atoms with Crippen LogP contribution in [-0.4, -0.2) is 35.7 Å². The SMILES string of the molecule is CCCCCN(CCO)C(=O)Nc1cccc(C)c1Cl. The first kappa shape index (κ1) is 16.8. The molecule has 20 heavy (non-hydrogen) atoms. The van der Waals surface area contributed by atoms with Gasteiger partial charge in [0.2, 0.25) is 0 Å². The molecule has 5 heteroatoms. The lowest BCUT2D eigenvalue weighted by atomic mass is 10.2. The first-order valence-electron chi connectivity index (χ1n) is 7.02. The van der Waals surface area contributed by atoms with Gasteiger partial charge in [0.25, 0.3) is 0 Å². The lowest BCUT2D eigenvalue weighted by Gasteiger charge is -2.22. The molecule has 0 radical (unpaired) electrons. The van der Waals surface area contributed by atoms with Crippen LogP contribution in [0, 0.1) is 6.92 Å². The first-order valence-corrected chi connectivity index (χ1v) is 7.39. The van der Waals surface area contributed by atoms with Crippen molar-refractivity contribution >= 4 is 23.3 Å². The molecule has 0 aromatic heterocycles. The number of rotatable bonds is 7. The lowest BCUT2D eigenvalue weighted by Crippen LogP contribution is -2.37. The topological polar surface area (TPSA) is 52.6 Å². The van der Waals surface area contributed by atoms with Gasteiger partial charge in [-0.1, -0.05) is 43.5 Å². The number of amides is 2. The highest BCUT2D eigenvalue weighted by molar-refractivity contribution is 6.34. The number of aryl methyl sites for hydroxylation is 1. The second-order valence-electron chi connectivity index (χ2n) is 4.78. The maximum atomic E-state index is 12.2. The molecule has 1 aromatic rings. The minimum absolute atomic E-state index is 0.0406. The summed E-state index contributed by atoms with van der Waals surface area (Å²) in [7, 11) is 0. The monoisotopic (exact) mass is 298 g/mol. The molecule has 0 fully saturated rings. The van der Waals surface area contributed by atoms with Crippen LogP contribution in [0.15, 0.2) is 18.2 Å². The standard InChI is InChI=1S/C15H23ClN2O2/c1-3-4-5-9-18(10-11-19)15(20)17-13-8-6-7-12(2)14(13)16/h6-8,19H,3-5,9-11H2,1-2H3,(H,17,20). The van der Waals surface area contributed by atoms with Gasteiger partial charge in [-0.2, -0.15) is 0 Å². The molecule has 112 valence electrons. The van der Waals surface area contributed by atoms with E-state index in [2.05, 4.69) is 12.2 Å². The minimum atomic E-state index is -0.220. The van der Waals surface area contributed by atoms with E-state index in [1.807, 2.05) is 19.1 Å². The fourth-order valence-corrected chi connectivity index (χ4v) is 2.10. The quantitative estimate of drug-likeness (QED) is 0.755. The van der Waals surface area contributed by atoms with Gasteiger partial charge in [0.1, 0.15) is 0 Å². The number of aliphatic hydroxyl groups is 1. The van der Waals surface area contributed by atoms with Crippen molar-refractivity contribution in [2.45, 2.75) is 33.1 Å². The second-order valence-corrected chi connectivity index (χ2v) is 5.16. The molecular formula is C15H23ClN2O2. The van der Waals surface area contributed by atoms with Crippen LogP contribution in [0.2, 0.25) is 5.02 Å². The van der Waals surface area contributed by atoms with Crippen LogP contribution in [0.1, 0.15) is 31.7 Å². The number of urea groups is 1. The molecule has 1 aromatic carbocycles. The Morgan fingerprint density at radius 1 is 1.35 bits per heavy atom. The average molecular weight is 299 g/mol. The summed E-state index contributed by atoms with van der Waals surface area (Å²) in [5.74, 6) is 0. The molecule has 0 unspecified atom stereocenters. The summed E-state index contributed by atoms with van der Waals surface area (Å²) in [4.78, 5) is 13.8. The van der Waals surface area contributed by atoms with Crippen molar-refractivity contribution in [2.75, 3.05) is 25.0 Å². The zero-order valence-electron chi connectivity index (χ0n) is 12.2. The molecule has 0 saturated carbocycles. The molecule has 0 aliphatic heterocycles. The molecule has 0 spiro atoms. The number of aliphatic hydroxyl groups excluding tert-OH is 1. The third-order valence-electron chi connectivity index (χ3n) is 3.12. The van der Waals surface area contributed by atoms with Crippen molar-refractivity contribution in [1.29, 1.82) is 0 Å². The summed E-state index contributed by atoms with van der Waals surface area (Å²) in [5.41, 5.74) is 1.53. The van der Waals surface area contributed by atoms with Gasteiger partial charge in [-0.05, 0) is 25.0 Å². The molecule has 2 N–H and O–H groups in total. The maximum absolute atomic E-state index is 12.2. The summed E-state index contributed by atoms with van der Waals surface area (Å²) < 4.78 is 0. The molecule has 1 rings (SSSR count). The number of nitrogens with zero attached hydrogens (tertiary/aromatic N) is 1. The van der Waals surface area contributed by atoms with Crippen LogP contribution in [0.25, 0.3) is 0 Å². The van der Waals surface area contributed by atoms with Crippen molar-refractivity contribution in [3.05, 3.63) is 28.8 Å². The van der Waals surface area contributed by atoms with E-state index in [-0.39, 0.29) is 12.6 Å². The Bertz CT molecular complexity index is 438. The van der Waals surface area contributed by atoms with Crippen LogP contribution in [0.4, 0.5) is 10.5 Å². The predicted molar refractivity (Wildman–Crippen MR) is 83.4 cm³/mol. The van der Waals surface area contributed by atoms with E-state index in [1.54, 1.807) is 11.0 Å². The van der Waals surface area contributed by atoms with Crippen LogP contribution in [0.5, 0.6) is 0 Å². The number of carbonyl (C=O) groups excluding carboxylic acids is 1. The Labute approximate surface area is 125 Å². The van der Waals surface area contributed by atoms with Gasteiger partial charge >= 0.3 is 6.03 Å². The number of hydrogen-bond acceptors (Lipinski definition) is 2. The van der Waals surface area contributed by atoms with E-state index >= 15 is 0 Å². The van der Waals surface area contributed by atoms with Crippen LogP contribution < -0.4 is 5.32 Å². The number of anilines is 1. The molecule has 0 heterocycles. The summed E-state index contributed by atoms with van der Waals surface area (Å²) in [6.45, 7) is 4.94. The largest absolute Gasteiger partial charge is 0.395 e. The van der Waals surface area contributed by atoms with E-state index in [0.29, 0.717) is 23.8 Å². The number of unbranched alkanes of at least 4 members (excludes halogenated alkanes) is 2. The molecule has 0 saturated heterocycles. The maximum Gasteiger partial charge on any atom is 0.321 e. The molecule has 2 amide bonds. The third kappa shape index (κ3) is 5.02. The summed E-state index contributed by atoms with van der Waals surface area (Å²) >= 11 is 6.16. The van der Waals surface area contributed by atoms with Gasteiger partial charge in [-0.15, -0.1) is 0 Å². The lowest BCUT2D eigenvalue weighted by molar-refractivity contribution is 0.187. The van der Waals surface area contributed by atoms with Gasteiger partial charge in [0, 0.05) is 13.1 Å². The van der Waals surface area contributed by atoms with Crippen molar-refractivity contribution in [1.82, 2.24) is 4.90 Å². The molecule has 0 atom stereocenters. The normalized spacial score (nSPS) is 10.4. The van der Waals surface area contributed by atoms with E-state index in [9.17, 15) is 4.79 Å². The third-order valence-corrected chi connectivity index (χ3v) is 3.62. The van der Waals surface area contributed by atoms with Crippen molar-refractivity contribution in [3.63, 3.8) is 0 Å². The average Bonchev–Trinajstić information content (AvgIpc) is 2.43. The fraction of sp³-hybridized carbons (Fsp3) is 0.533. The minimum Gasteiger partial charge on any atom is -0.395 e. The molecule has 0 aliphatic rings. The van der Waals surface area contributed by atoms with Gasteiger partial charge < -0.3 is 15.3 Å². The number of benzene rings is 1. The molecule has 4 nitrogen and oxygen atoms in total. The first-order chi connectivity index (χ1) is 9.60. The second kappa shape index (κ2) is 8.82. The van der Waals surface area contributed by atoms with Gasteiger partial charge in [-0.3, -0.25) is 0 Å². The predicted octanol–water partition coefficient (Wildman–Crippen LogP) is 3.66. The summed E-state index contributed by atoms with van der Waals surface area (Å²) in [6.07, 6.45) is 3.10. The number of hydrogen-bond donors (Lipinski definition) is 2. The molecular weight excluding hydrogens is 276 g/mol. The highest BCUT2D eigenvalue weighted by atomic mass is 35.5. The van der Waals surface area contributed by atoms with Crippen LogP contribution in [0.3, 0.4) is 0 Å². The fourth-order valence-electron chi connectivity index (χ4n) is 1.93. The Hall–Kier alpha value is -1.26. The highest BCUT2D eigenvalue weighted by Crippen LogP contribution is 2.25. The van der Waals surface area contributed by atoms with E-state index in [1.165, 1.54) is 0 Å². The Morgan fingerprint density at radius 3 is 2.75 bits per heavy atom. The molecule has 0 aliphatic carbocycles. The van der Waals surface area contributed by atoms with E-state index < -0.39 is 0 Å². The van der Waals surface area contributed by atoms with E-state index in [0.717, 1.165) is 24.8 Å². The highest BCUT2D eigenvalue weighted by Gasteiger charge is 2.14. The Kier molecular flexibility index (Phi) is 7.41. The number of halogens is 1. The number of nitrogens with one attached hydrogen (secondary N) is 1. The Morgan fingerprint density at radius 2 is 2.10 bits per heavy atom. The van der Waals surface area contributed by atoms with Gasteiger partial charge in [0.05, 0.1) is 17.3 Å². The van der Waals surface area contributed by atoms with E-state index in [4.69, 9.17) is 16.7 Å². The summed E-state index contributed by atoms with van der Waals surface area (Å²) in [5, 5.41) is 12.4. The Balaban J connectivity index is 2.67.